The Hall–Kier alpha value is -12.6. The minimum absolute atomic E-state index is 0.000290. The summed E-state index contributed by atoms with van der Waals surface area (Å²) in [5.41, 5.74) is 3.92. The fourth-order valence-corrected chi connectivity index (χ4v) is 21.9. The molecule has 4 aliphatic rings. The maximum atomic E-state index is 15.2. The van der Waals surface area contributed by atoms with E-state index in [9.17, 15) is 64.4 Å². The van der Waals surface area contributed by atoms with Gasteiger partial charge in [0.15, 0.2) is 79.9 Å². The number of ether oxygens (including phenoxy) is 3. The van der Waals surface area contributed by atoms with Crippen molar-refractivity contribution in [3.8, 4) is 79.2 Å². The lowest BCUT2D eigenvalue weighted by atomic mass is 10.1. The van der Waals surface area contributed by atoms with Gasteiger partial charge in [-0.05, 0) is 117 Å². The number of furan rings is 1. The Kier molecular flexibility index (Phi) is 31.3. The highest BCUT2D eigenvalue weighted by Gasteiger charge is 2.36. The van der Waals surface area contributed by atoms with Crippen LogP contribution in [0.15, 0.2) is 211 Å². The quantitative estimate of drug-likeness (QED) is 0.0377. The molecule has 3 saturated heterocycles. The fraction of sp³-hybridized carbons (Fsp3) is 0.323. The molecule has 45 heteroatoms. The van der Waals surface area contributed by atoms with Gasteiger partial charge in [-0.25, -0.2) is 88.1 Å². The van der Waals surface area contributed by atoms with Crippen LogP contribution >= 0.6 is 11.6 Å². The number of aromatic nitrogens is 14. The van der Waals surface area contributed by atoms with Gasteiger partial charge < -0.3 is 33.0 Å². The van der Waals surface area contributed by atoms with E-state index in [0.717, 1.165) is 175 Å². The van der Waals surface area contributed by atoms with Crippen molar-refractivity contribution in [2.45, 2.75) is 92.1 Å². The van der Waals surface area contributed by atoms with Crippen LogP contribution in [-0.4, -0.2) is 229 Å². The van der Waals surface area contributed by atoms with Gasteiger partial charge in [-0.1, -0.05) is 119 Å². The monoisotopic (exact) mass is 2010 g/mol. The number of alkyl halides is 3. The van der Waals surface area contributed by atoms with Crippen LogP contribution in [0.4, 0.5) is 55.3 Å². The lowest BCUT2D eigenvalue weighted by molar-refractivity contribution is -0.140. The van der Waals surface area contributed by atoms with Crippen LogP contribution in [0.1, 0.15) is 73.9 Å². The van der Waals surface area contributed by atoms with Crippen molar-refractivity contribution in [2.75, 3.05) is 113 Å². The SMILES string of the molecule is CCCS(=O)(=O)Cc1ccc(F)c(-n2cc(-c3cccc(-n4cnc(C(F)(F)F)c4)c3)nn2)c1F.CCCS(=O)(=O)Cc1ccc(F)c(-n2cc(-c3cccc(N4CCN(C5CCOC5)CC4)c3)nn2)c1F.COCCS(=O)(=O)Cc1ccc(F)c(-n2cc(-c3cccc(N4CCN(C5CC5)CC4)c3)nn2)c1F.COc1cccc(-c2cn(-c3c(F)ccc(CS(=O)(=O)c4ccoc4)c3Cl)nn2)c1. The summed E-state index contributed by atoms with van der Waals surface area (Å²) < 4.78 is 266. The van der Waals surface area contributed by atoms with Crippen molar-refractivity contribution < 1.29 is 96.2 Å². The van der Waals surface area contributed by atoms with E-state index < -0.39 is 132 Å². The molecule has 3 aliphatic heterocycles. The minimum Gasteiger partial charge on any atom is -0.497 e. The van der Waals surface area contributed by atoms with Gasteiger partial charge in [0.25, 0.3) is 0 Å². The molecule has 6 aromatic heterocycles. The number of piperazine rings is 2. The van der Waals surface area contributed by atoms with E-state index in [4.69, 9.17) is 30.2 Å². The highest BCUT2D eigenvalue weighted by Crippen LogP contribution is 2.38. The first kappa shape index (κ1) is 99.9. The molecule has 4 fully saturated rings. The molecular formula is C93H93ClF10N18O12S4. The Morgan fingerprint density at radius 2 is 0.855 bits per heavy atom. The molecule has 1 aliphatic carbocycles. The number of nitrogens with zero attached hydrogens (tertiary/aromatic N) is 18. The molecule has 8 aromatic carbocycles. The smallest absolute Gasteiger partial charge is 0.434 e. The van der Waals surface area contributed by atoms with Gasteiger partial charge in [-0.2, -0.15) is 13.2 Å². The molecule has 728 valence electrons. The first-order valence-electron chi connectivity index (χ1n) is 43.6. The van der Waals surface area contributed by atoms with Crippen LogP contribution in [0.5, 0.6) is 5.75 Å². The summed E-state index contributed by atoms with van der Waals surface area (Å²) in [5.74, 6) is -8.21. The second-order valence-corrected chi connectivity index (χ2v) is 41.9. The Morgan fingerprint density at radius 3 is 1.25 bits per heavy atom. The molecule has 0 bridgehead atoms. The summed E-state index contributed by atoms with van der Waals surface area (Å²) in [5, 5.41) is 31.8. The molecule has 9 heterocycles. The van der Waals surface area contributed by atoms with Crippen LogP contribution in [0.3, 0.4) is 0 Å². The molecule has 138 heavy (non-hydrogen) atoms. The Labute approximate surface area is 793 Å². The maximum Gasteiger partial charge on any atom is 0.434 e. The van der Waals surface area contributed by atoms with Gasteiger partial charge in [0.2, 0.25) is 0 Å². The van der Waals surface area contributed by atoms with Crippen molar-refractivity contribution in [3.05, 3.63) is 275 Å². The molecule has 1 unspecified atom stereocenters. The van der Waals surface area contributed by atoms with E-state index >= 15 is 13.2 Å². The summed E-state index contributed by atoms with van der Waals surface area (Å²) in [6.45, 7) is 12.8. The number of anilines is 2. The van der Waals surface area contributed by atoms with E-state index in [2.05, 4.69) is 65.8 Å². The molecule has 1 saturated carbocycles. The zero-order chi connectivity index (χ0) is 98.0. The van der Waals surface area contributed by atoms with Gasteiger partial charge >= 0.3 is 6.18 Å². The summed E-state index contributed by atoms with van der Waals surface area (Å²) >= 11 is 6.38. The van der Waals surface area contributed by atoms with Gasteiger partial charge in [-0.3, -0.25) is 9.80 Å². The molecule has 0 spiro atoms. The zero-order valence-electron chi connectivity index (χ0n) is 74.7. The van der Waals surface area contributed by atoms with Crippen molar-refractivity contribution in [2.24, 2.45) is 0 Å². The molecular weight excluding hydrogens is 1910 g/mol. The lowest BCUT2D eigenvalue weighted by Gasteiger charge is -2.38. The fourth-order valence-electron chi connectivity index (χ4n) is 16.0. The number of imidazole rings is 1. The predicted molar refractivity (Wildman–Crippen MR) is 495 cm³/mol. The number of rotatable bonds is 30. The molecule has 14 aromatic rings. The van der Waals surface area contributed by atoms with Crippen LogP contribution in [0.25, 0.3) is 73.5 Å². The summed E-state index contributed by atoms with van der Waals surface area (Å²) in [7, 11) is -11.5. The van der Waals surface area contributed by atoms with Crippen LogP contribution < -0.4 is 14.5 Å². The standard InChI is InChI=1S/C26H31F2N5O3S.C25H29F2N5O3S.C22H18F5N5O2S.C20H15ClFN3O4S/c1-2-14-37(34,35)18-20-6-7-23(27)26(25(20)28)33-16-24(29-30-33)19-4-3-5-21(15-19)31-9-11-32(12-10-31)22-8-13-36-17-22;1-35-13-14-36(33,34)17-19-5-8-22(26)25(24(19)27)32-16-23(28-29-32)18-3-2-4-21(15-18)31-11-9-30(10-12-31)20-6-7-20;1-2-8-35(33,34)12-15-6-7-17(23)21(20(15)24)32-10-18(29-30-32)14-4-3-5-16(9-14)31-11-19(28-13-31)22(25,26)27;1-28-15-4-2-3-13(9-15)18-10-25(24-23-18)20-17(22)6-5-14(19(20)21)12-30(26,27)16-7-8-29-11-16/h3-7,15-16,22H,2,8-14,17-18H2,1H3;2-5,8,15-16,20H,6-7,9-14,17H2,1H3;3-7,9-11,13H,2,8,12H2,1H3;2-11H,12H2,1H3. The van der Waals surface area contributed by atoms with Crippen LogP contribution in [0.2, 0.25) is 5.02 Å². The van der Waals surface area contributed by atoms with Crippen molar-refractivity contribution in [1.82, 2.24) is 79.3 Å². The molecule has 1 atom stereocenters. The third-order valence-corrected chi connectivity index (χ3v) is 30.4. The number of benzene rings is 8. The molecule has 0 N–H and O–H groups in total. The first-order valence-corrected chi connectivity index (χ1v) is 51.1. The lowest BCUT2D eigenvalue weighted by Crippen LogP contribution is -2.50. The van der Waals surface area contributed by atoms with Gasteiger partial charge in [0.1, 0.15) is 68.3 Å². The second kappa shape index (κ2) is 43.2. The third kappa shape index (κ3) is 24.2. The Balaban J connectivity index is 0.000000140. The van der Waals surface area contributed by atoms with E-state index in [1.165, 1.54) is 84.5 Å². The van der Waals surface area contributed by atoms with Crippen molar-refractivity contribution >= 4 is 62.3 Å². The minimum atomic E-state index is -4.59. The normalized spacial score (nSPS) is 15.2. The summed E-state index contributed by atoms with van der Waals surface area (Å²) in [6.07, 6.45) is 9.79. The Morgan fingerprint density at radius 1 is 0.449 bits per heavy atom. The van der Waals surface area contributed by atoms with Gasteiger partial charge in [-0.15, -0.1) is 20.4 Å². The first-order chi connectivity index (χ1) is 66.1. The van der Waals surface area contributed by atoms with Crippen molar-refractivity contribution in [1.29, 1.82) is 0 Å². The van der Waals surface area contributed by atoms with E-state index in [0.29, 0.717) is 53.0 Å². The number of hydrogen-bond acceptors (Lipinski definition) is 25. The largest absolute Gasteiger partial charge is 0.497 e. The average molecular weight is 2010 g/mol. The summed E-state index contributed by atoms with van der Waals surface area (Å²) in [4.78, 5) is 13.1. The Bertz CT molecular complexity index is 7150. The number of hydrogen-bond donors (Lipinski definition) is 0. The van der Waals surface area contributed by atoms with Gasteiger partial charge in [0, 0.05) is 140 Å². The van der Waals surface area contributed by atoms with Crippen LogP contribution in [0, 0.1) is 40.7 Å². The molecule has 30 nitrogen and oxygen atoms in total. The molecule has 0 radical (unpaired) electrons. The van der Waals surface area contributed by atoms with Crippen molar-refractivity contribution in [3.63, 3.8) is 0 Å². The average Bonchev–Trinajstić information content (AvgIpc) is 1.63. The second-order valence-electron chi connectivity index (χ2n) is 33.0. The highest BCUT2D eigenvalue weighted by atomic mass is 35.5. The zero-order valence-corrected chi connectivity index (χ0v) is 78.7. The number of methoxy groups -OCH3 is 2. The summed E-state index contributed by atoms with van der Waals surface area (Å²) in [6, 6.07) is 40.6. The van der Waals surface area contributed by atoms with E-state index in [1.807, 2.05) is 54.6 Å². The number of sulfone groups is 4. The van der Waals surface area contributed by atoms with E-state index in [1.54, 1.807) is 57.4 Å². The van der Waals surface area contributed by atoms with Gasteiger partial charge in [0.05, 0.1) is 103 Å². The molecule has 0 amide bonds. The molecule has 18 rings (SSSR count). The topological polar surface area (TPSA) is 331 Å². The maximum absolute atomic E-state index is 15.2. The van der Waals surface area contributed by atoms with E-state index in [-0.39, 0.29) is 67.4 Å². The highest BCUT2D eigenvalue weighted by molar-refractivity contribution is 7.91. The third-order valence-electron chi connectivity index (χ3n) is 23.2. The van der Waals surface area contributed by atoms with Crippen LogP contribution in [-0.2, 0) is 78.0 Å². The predicted octanol–water partition coefficient (Wildman–Crippen LogP) is 15.6. The number of halogens is 11.